The van der Waals surface area contributed by atoms with Crippen molar-refractivity contribution in [1.82, 2.24) is 0 Å². The molecule has 0 fully saturated rings. The molecule has 0 aliphatic rings. The van der Waals surface area contributed by atoms with Gasteiger partial charge in [0, 0.05) is 16.5 Å². The molecule has 3 aromatic carbocycles. The topological polar surface area (TPSA) is 68.5 Å². The molecule has 0 bridgehead atoms. The largest absolute Gasteiger partial charge is 0.494 e. The van der Waals surface area contributed by atoms with E-state index in [1.807, 2.05) is 0 Å². The molecular formula is C30H30FNO4. The van der Waals surface area contributed by atoms with Crippen LogP contribution < -0.4 is 10.1 Å². The van der Waals surface area contributed by atoms with Crippen molar-refractivity contribution in [3.8, 4) is 5.75 Å². The smallest absolute Gasteiger partial charge is 0.255 e. The number of carbonyl (C=O) groups is 2. The van der Waals surface area contributed by atoms with Gasteiger partial charge in [-0.1, -0.05) is 56.9 Å². The minimum absolute atomic E-state index is 0.0455. The number of hydrogen-bond donors (Lipinski definition) is 1. The lowest BCUT2D eigenvalue weighted by atomic mass is 10.0. The second-order valence-corrected chi connectivity index (χ2v) is 8.84. The van der Waals surface area contributed by atoms with Gasteiger partial charge in [0.2, 0.25) is 5.78 Å². The van der Waals surface area contributed by atoms with Crippen molar-refractivity contribution < 1.29 is 23.1 Å². The molecule has 0 radical (unpaired) electrons. The summed E-state index contributed by atoms with van der Waals surface area (Å²) in [6.07, 6.45) is 5.80. The Labute approximate surface area is 210 Å². The number of benzene rings is 3. The number of unbranched alkanes of at least 4 members (excludes halogenated alkanes) is 4. The Kier molecular flexibility index (Phi) is 8.16. The van der Waals surface area contributed by atoms with Crippen molar-refractivity contribution >= 4 is 28.3 Å². The summed E-state index contributed by atoms with van der Waals surface area (Å²) in [4.78, 5) is 26.3. The van der Waals surface area contributed by atoms with Crippen LogP contribution >= 0.6 is 0 Å². The summed E-state index contributed by atoms with van der Waals surface area (Å²) >= 11 is 0. The lowest BCUT2D eigenvalue weighted by Gasteiger charge is -2.09. The third-order valence-corrected chi connectivity index (χ3v) is 6.11. The number of hydrogen-bond acceptors (Lipinski definition) is 4. The fraction of sp³-hybridized carbons (Fsp3) is 0.267. The van der Waals surface area contributed by atoms with E-state index in [0.29, 0.717) is 34.5 Å². The Morgan fingerprint density at radius 3 is 2.39 bits per heavy atom. The van der Waals surface area contributed by atoms with Gasteiger partial charge in [-0.2, -0.15) is 0 Å². The molecule has 4 rings (SSSR count). The van der Waals surface area contributed by atoms with Crippen LogP contribution in [-0.4, -0.2) is 18.3 Å². The van der Waals surface area contributed by atoms with Crippen LogP contribution in [0.15, 0.2) is 71.1 Å². The molecule has 0 atom stereocenters. The van der Waals surface area contributed by atoms with Gasteiger partial charge in [0.15, 0.2) is 5.76 Å². The fourth-order valence-corrected chi connectivity index (χ4v) is 3.98. The lowest BCUT2D eigenvalue weighted by molar-refractivity contribution is 0.101. The van der Waals surface area contributed by atoms with E-state index < -0.39 is 17.5 Å². The van der Waals surface area contributed by atoms with Gasteiger partial charge in [0.05, 0.1) is 12.3 Å². The molecule has 0 spiro atoms. The average molecular weight is 488 g/mol. The number of nitrogens with one attached hydrogen (secondary N) is 1. The maximum Gasteiger partial charge on any atom is 0.255 e. The van der Waals surface area contributed by atoms with E-state index >= 15 is 0 Å². The first-order chi connectivity index (χ1) is 17.5. The molecule has 5 nitrogen and oxygen atoms in total. The van der Waals surface area contributed by atoms with Gasteiger partial charge >= 0.3 is 0 Å². The Morgan fingerprint density at radius 2 is 1.64 bits per heavy atom. The number of rotatable bonds is 11. The first kappa shape index (κ1) is 25.2. The molecule has 186 valence electrons. The van der Waals surface area contributed by atoms with Gasteiger partial charge in [-0.25, -0.2) is 4.39 Å². The zero-order valence-corrected chi connectivity index (χ0v) is 20.6. The Balaban J connectivity index is 1.51. The molecule has 1 aromatic heterocycles. The number of fused-ring (bicyclic) bond motifs is 1. The molecule has 0 saturated heterocycles. The second-order valence-electron chi connectivity index (χ2n) is 8.84. The van der Waals surface area contributed by atoms with E-state index in [1.165, 1.54) is 31.4 Å². The number of amides is 1. The molecule has 1 amide bonds. The maximum absolute atomic E-state index is 14.1. The predicted octanol–water partition coefficient (Wildman–Crippen LogP) is 7.71. The molecule has 0 unspecified atom stereocenters. The molecule has 0 saturated carbocycles. The van der Waals surface area contributed by atoms with Gasteiger partial charge in [0.1, 0.15) is 17.1 Å². The highest BCUT2D eigenvalue weighted by Crippen LogP contribution is 2.33. The first-order valence-corrected chi connectivity index (χ1v) is 12.3. The van der Waals surface area contributed by atoms with Crippen molar-refractivity contribution in [3.05, 3.63) is 95.0 Å². The highest BCUT2D eigenvalue weighted by molar-refractivity contribution is 6.18. The molecular weight excluding hydrogens is 457 g/mol. The summed E-state index contributed by atoms with van der Waals surface area (Å²) < 4.78 is 25.7. The SMILES string of the molecule is CCCCCCCOc1ccc(C(=O)Nc2c(C(=O)c3ccc(C)c(F)c3)oc3ccccc23)cc1. The van der Waals surface area contributed by atoms with Crippen LogP contribution in [-0.2, 0) is 0 Å². The molecule has 4 aromatic rings. The van der Waals surface area contributed by atoms with Crippen molar-refractivity contribution in [2.75, 3.05) is 11.9 Å². The van der Waals surface area contributed by atoms with Crippen molar-refractivity contribution in [2.24, 2.45) is 0 Å². The van der Waals surface area contributed by atoms with Gasteiger partial charge < -0.3 is 14.5 Å². The summed E-state index contributed by atoms with van der Waals surface area (Å²) in [7, 11) is 0. The van der Waals surface area contributed by atoms with Crippen LogP contribution in [0.25, 0.3) is 11.0 Å². The van der Waals surface area contributed by atoms with Gasteiger partial charge in [-0.3, -0.25) is 9.59 Å². The Hall–Kier alpha value is -3.93. The second kappa shape index (κ2) is 11.7. The number of furan rings is 1. The molecule has 0 aliphatic heterocycles. The van der Waals surface area contributed by atoms with Crippen LogP contribution in [0.2, 0.25) is 0 Å². The van der Waals surface area contributed by atoms with E-state index in [1.54, 1.807) is 61.5 Å². The minimum atomic E-state index is -0.511. The lowest BCUT2D eigenvalue weighted by Crippen LogP contribution is -2.14. The zero-order chi connectivity index (χ0) is 25.5. The summed E-state index contributed by atoms with van der Waals surface area (Å²) in [5, 5.41) is 3.42. The molecule has 1 N–H and O–H groups in total. The molecule has 6 heteroatoms. The Bertz CT molecular complexity index is 1360. The predicted molar refractivity (Wildman–Crippen MR) is 139 cm³/mol. The summed E-state index contributed by atoms with van der Waals surface area (Å²) in [5.41, 5.74) is 1.70. The highest BCUT2D eigenvalue weighted by atomic mass is 19.1. The minimum Gasteiger partial charge on any atom is -0.494 e. The van der Waals surface area contributed by atoms with Crippen LogP contribution in [0.3, 0.4) is 0 Å². The molecule has 0 aliphatic carbocycles. The third kappa shape index (κ3) is 5.82. The van der Waals surface area contributed by atoms with Gasteiger partial charge in [-0.05, 0) is 61.4 Å². The van der Waals surface area contributed by atoms with Gasteiger partial charge in [-0.15, -0.1) is 0 Å². The van der Waals surface area contributed by atoms with Crippen molar-refractivity contribution in [1.29, 1.82) is 0 Å². The number of aryl methyl sites for hydroxylation is 1. The van der Waals surface area contributed by atoms with E-state index in [9.17, 15) is 14.0 Å². The van der Waals surface area contributed by atoms with E-state index in [4.69, 9.17) is 9.15 Å². The maximum atomic E-state index is 14.1. The number of para-hydroxylation sites is 1. The van der Waals surface area contributed by atoms with Crippen molar-refractivity contribution in [3.63, 3.8) is 0 Å². The van der Waals surface area contributed by atoms with Gasteiger partial charge in [0.25, 0.3) is 5.91 Å². The van der Waals surface area contributed by atoms with E-state index in [-0.39, 0.29) is 17.0 Å². The number of ether oxygens (including phenoxy) is 1. The molecule has 1 heterocycles. The van der Waals surface area contributed by atoms with Crippen LogP contribution in [0.5, 0.6) is 5.75 Å². The number of halogens is 1. The average Bonchev–Trinajstić information content (AvgIpc) is 3.26. The van der Waals surface area contributed by atoms with E-state index in [2.05, 4.69) is 12.2 Å². The van der Waals surface area contributed by atoms with Crippen LogP contribution in [0.4, 0.5) is 10.1 Å². The number of ketones is 1. The highest BCUT2D eigenvalue weighted by Gasteiger charge is 2.24. The van der Waals surface area contributed by atoms with Crippen molar-refractivity contribution in [2.45, 2.75) is 46.0 Å². The monoisotopic (exact) mass is 487 g/mol. The first-order valence-electron chi connectivity index (χ1n) is 12.3. The van der Waals surface area contributed by atoms with Crippen LogP contribution in [0, 0.1) is 12.7 Å². The summed E-state index contributed by atoms with van der Waals surface area (Å²) in [5.74, 6) is -0.727. The normalized spacial score (nSPS) is 11.0. The number of anilines is 1. The summed E-state index contributed by atoms with van der Waals surface area (Å²) in [6, 6.07) is 18.2. The number of carbonyl (C=O) groups excluding carboxylic acids is 2. The third-order valence-electron chi connectivity index (χ3n) is 6.11. The zero-order valence-electron chi connectivity index (χ0n) is 20.6. The Morgan fingerprint density at radius 1 is 0.917 bits per heavy atom. The fourth-order valence-electron chi connectivity index (χ4n) is 3.98. The standard InChI is InChI=1S/C30H30FNO4/c1-3-4-5-6-9-18-35-23-16-14-21(15-17-23)30(34)32-27-24-10-7-8-11-26(24)36-29(27)28(33)22-13-12-20(2)25(31)19-22/h7-8,10-17,19H,3-6,9,18H2,1-2H3,(H,32,34). The van der Waals surface area contributed by atoms with E-state index in [0.717, 1.165) is 12.8 Å². The van der Waals surface area contributed by atoms with Crippen LogP contribution in [0.1, 0.15) is 71.1 Å². The summed E-state index contributed by atoms with van der Waals surface area (Å²) in [6.45, 7) is 4.45. The quantitative estimate of drug-likeness (QED) is 0.174. The molecule has 36 heavy (non-hydrogen) atoms.